The van der Waals surface area contributed by atoms with Gasteiger partial charge in [0, 0.05) is 18.8 Å². The van der Waals surface area contributed by atoms with Crippen molar-refractivity contribution in [3.8, 4) is 11.5 Å². The maximum Gasteiger partial charge on any atom is 0.305 e. The van der Waals surface area contributed by atoms with Gasteiger partial charge in [0.05, 0.1) is 14.2 Å². The van der Waals surface area contributed by atoms with Gasteiger partial charge < -0.3 is 19.4 Å². The molecule has 6 nitrogen and oxygen atoms in total. The number of H-pyrrole nitrogens is 1. The Morgan fingerprint density at radius 3 is 2.43 bits per heavy atom. The molecule has 23 heavy (non-hydrogen) atoms. The fourth-order valence-electron chi connectivity index (χ4n) is 2.81. The summed E-state index contributed by atoms with van der Waals surface area (Å²) in [5.41, 5.74) is 2.83. The number of carbonyl (C=O) groups is 1. The van der Waals surface area contributed by atoms with Crippen LogP contribution in [0.5, 0.6) is 11.5 Å². The summed E-state index contributed by atoms with van der Waals surface area (Å²) in [6.45, 7) is 2.86. The Morgan fingerprint density at radius 2 is 1.87 bits per heavy atom. The number of methoxy groups -OCH3 is 2. The van der Waals surface area contributed by atoms with E-state index < -0.39 is 0 Å². The maximum absolute atomic E-state index is 12.6. The summed E-state index contributed by atoms with van der Waals surface area (Å²) in [6, 6.07) is 3.88. The minimum absolute atomic E-state index is 0.105. The van der Waals surface area contributed by atoms with Crippen LogP contribution in [0.2, 0.25) is 0 Å². The van der Waals surface area contributed by atoms with Gasteiger partial charge in [-0.25, -0.2) is 0 Å². The first-order valence-electron chi connectivity index (χ1n) is 7.26. The molecule has 1 N–H and O–H groups in total. The molecule has 0 radical (unpaired) electrons. The third kappa shape index (κ3) is 2.84. The molecule has 1 aliphatic heterocycles. The molecule has 0 saturated carbocycles. The lowest BCUT2D eigenvalue weighted by atomic mass is 9.98. The second-order valence-corrected chi connectivity index (χ2v) is 6.40. The van der Waals surface area contributed by atoms with Crippen molar-refractivity contribution in [1.29, 1.82) is 0 Å². The third-order valence-corrected chi connectivity index (χ3v) is 5.00. The van der Waals surface area contributed by atoms with Crippen molar-refractivity contribution in [2.45, 2.75) is 19.9 Å². The number of nitrogens with zero attached hydrogens (tertiary/aromatic N) is 1. The standard InChI is InChI=1S/C16H18N2O4S/c1-9-14(23-16(20)17-9)15(19)18-5-4-10-6-12(21-2)13(22-3)7-11(10)8-18/h6-7H,4-5,8H2,1-3H3,(H,17,20). The number of benzene rings is 1. The zero-order valence-corrected chi connectivity index (χ0v) is 14.1. The van der Waals surface area contributed by atoms with Gasteiger partial charge in [0.25, 0.3) is 5.91 Å². The summed E-state index contributed by atoms with van der Waals surface area (Å²) in [6.07, 6.45) is 0.750. The van der Waals surface area contributed by atoms with E-state index in [0.29, 0.717) is 35.2 Å². The van der Waals surface area contributed by atoms with Gasteiger partial charge in [-0.1, -0.05) is 11.3 Å². The predicted molar refractivity (Wildman–Crippen MR) is 87.7 cm³/mol. The van der Waals surface area contributed by atoms with E-state index in [1.807, 2.05) is 12.1 Å². The lowest BCUT2D eigenvalue weighted by Crippen LogP contribution is -2.35. The average Bonchev–Trinajstić information content (AvgIpc) is 2.90. The Balaban J connectivity index is 1.89. The number of amides is 1. The van der Waals surface area contributed by atoms with Gasteiger partial charge in [-0.05, 0) is 36.6 Å². The molecule has 2 aromatic rings. The monoisotopic (exact) mass is 334 g/mol. The minimum Gasteiger partial charge on any atom is -0.493 e. The van der Waals surface area contributed by atoms with Gasteiger partial charge in [0.15, 0.2) is 11.5 Å². The number of aromatic amines is 1. The fraction of sp³-hybridized carbons (Fsp3) is 0.375. The van der Waals surface area contributed by atoms with Crippen molar-refractivity contribution in [2.24, 2.45) is 0 Å². The second-order valence-electron chi connectivity index (χ2n) is 5.42. The van der Waals surface area contributed by atoms with Crippen molar-refractivity contribution in [3.05, 3.63) is 43.5 Å². The molecule has 0 fully saturated rings. The highest BCUT2D eigenvalue weighted by Crippen LogP contribution is 2.33. The molecule has 3 rings (SSSR count). The van der Waals surface area contributed by atoms with E-state index in [1.165, 1.54) is 0 Å². The molecule has 1 amide bonds. The first kappa shape index (κ1) is 15.6. The van der Waals surface area contributed by atoms with Crippen LogP contribution >= 0.6 is 11.3 Å². The van der Waals surface area contributed by atoms with E-state index in [1.54, 1.807) is 26.0 Å². The number of carbonyl (C=O) groups excluding carboxylic acids is 1. The van der Waals surface area contributed by atoms with E-state index in [9.17, 15) is 9.59 Å². The molecular formula is C16H18N2O4S. The predicted octanol–water partition coefficient (Wildman–Crippen LogP) is 1.96. The highest BCUT2D eigenvalue weighted by atomic mass is 32.1. The number of hydrogen-bond donors (Lipinski definition) is 1. The van der Waals surface area contributed by atoms with Crippen LogP contribution in [0.4, 0.5) is 0 Å². The van der Waals surface area contributed by atoms with Crippen molar-refractivity contribution >= 4 is 17.2 Å². The normalized spacial score (nSPS) is 13.6. The molecule has 0 aliphatic carbocycles. The number of ether oxygens (including phenoxy) is 2. The number of aryl methyl sites for hydroxylation is 1. The summed E-state index contributed by atoms with van der Waals surface area (Å²) >= 11 is 0.964. The largest absolute Gasteiger partial charge is 0.493 e. The number of rotatable bonds is 3. The van der Waals surface area contributed by atoms with Crippen LogP contribution in [0.25, 0.3) is 0 Å². The van der Waals surface area contributed by atoms with Crippen molar-refractivity contribution in [2.75, 3.05) is 20.8 Å². The lowest BCUT2D eigenvalue weighted by Gasteiger charge is -2.29. The first-order valence-corrected chi connectivity index (χ1v) is 8.08. The third-order valence-electron chi connectivity index (χ3n) is 4.02. The van der Waals surface area contributed by atoms with Crippen molar-refractivity contribution < 1.29 is 14.3 Å². The molecule has 1 aliphatic rings. The highest BCUT2D eigenvalue weighted by Gasteiger charge is 2.25. The van der Waals surface area contributed by atoms with E-state index in [-0.39, 0.29) is 10.8 Å². The zero-order valence-electron chi connectivity index (χ0n) is 13.3. The fourth-order valence-corrected chi connectivity index (χ4v) is 3.62. The average molecular weight is 334 g/mol. The number of hydrogen-bond acceptors (Lipinski definition) is 5. The van der Waals surface area contributed by atoms with E-state index in [0.717, 1.165) is 28.9 Å². The van der Waals surface area contributed by atoms with Gasteiger partial charge in [0.2, 0.25) is 0 Å². The topological polar surface area (TPSA) is 71.6 Å². The quantitative estimate of drug-likeness (QED) is 0.931. The number of fused-ring (bicyclic) bond motifs is 1. The van der Waals surface area contributed by atoms with Gasteiger partial charge >= 0.3 is 4.87 Å². The minimum atomic E-state index is -0.199. The van der Waals surface area contributed by atoms with Gasteiger partial charge in [-0.2, -0.15) is 0 Å². The van der Waals surface area contributed by atoms with Gasteiger partial charge in [-0.3, -0.25) is 9.59 Å². The van der Waals surface area contributed by atoms with Gasteiger partial charge in [0.1, 0.15) is 4.88 Å². The maximum atomic E-state index is 12.6. The Bertz CT molecular complexity index is 809. The van der Waals surface area contributed by atoms with Crippen molar-refractivity contribution in [3.63, 3.8) is 0 Å². The molecule has 1 aromatic heterocycles. The Morgan fingerprint density at radius 1 is 1.22 bits per heavy atom. The Kier molecular flexibility index (Phi) is 4.12. The van der Waals surface area contributed by atoms with Crippen LogP contribution in [0.15, 0.2) is 16.9 Å². The molecule has 0 bridgehead atoms. The molecule has 7 heteroatoms. The molecule has 0 unspecified atom stereocenters. The molecular weight excluding hydrogens is 316 g/mol. The smallest absolute Gasteiger partial charge is 0.305 e. The number of nitrogens with one attached hydrogen (secondary N) is 1. The summed E-state index contributed by atoms with van der Waals surface area (Å²) < 4.78 is 10.7. The lowest BCUT2D eigenvalue weighted by molar-refractivity contribution is 0.0738. The summed E-state index contributed by atoms with van der Waals surface area (Å²) in [4.78, 5) is 28.8. The van der Waals surface area contributed by atoms with Crippen LogP contribution < -0.4 is 14.3 Å². The van der Waals surface area contributed by atoms with Crippen LogP contribution in [-0.2, 0) is 13.0 Å². The summed E-state index contributed by atoms with van der Waals surface area (Å²) in [5, 5.41) is 0. The summed E-state index contributed by atoms with van der Waals surface area (Å²) in [5.74, 6) is 1.25. The molecule has 0 spiro atoms. The number of thiazole rings is 1. The Labute approximate surface area is 137 Å². The van der Waals surface area contributed by atoms with Crippen LogP contribution in [-0.4, -0.2) is 36.6 Å². The molecule has 1 aromatic carbocycles. The van der Waals surface area contributed by atoms with Crippen LogP contribution in [0.3, 0.4) is 0 Å². The zero-order chi connectivity index (χ0) is 16.6. The van der Waals surface area contributed by atoms with Crippen LogP contribution in [0, 0.1) is 6.92 Å². The van der Waals surface area contributed by atoms with E-state index in [2.05, 4.69) is 4.98 Å². The Hall–Kier alpha value is -2.28. The SMILES string of the molecule is COc1cc2c(cc1OC)CN(C(=O)c1sc(=O)[nH]c1C)CC2. The van der Waals surface area contributed by atoms with E-state index in [4.69, 9.17) is 9.47 Å². The summed E-state index contributed by atoms with van der Waals surface area (Å²) in [7, 11) is 3.20. The highest BCUT2D eigenvalue weighted by molar-refractivity contribution is 7.11. The molecule has 0 atom stereocenters. The first-order chi connectivity index (χ1) is 11.0. The molecule has 0 saturated heterocycles. The molecule has 2 heterocycles. The van der Waals surface area contributed by atoms with E-state index >= 15 is 0 Å². The van der Waals surface area contributed by atoms with Gasteiger partial charge in [-0.15, -0.1) is 0 Å². The molecule has 122 valence electrons. The second kappa shape index (κ2) is 6.08. The van der Waals surface area contributed by atoms with Crippen LogP contribution in [0.1, 0.15) is 26.5 Å². The number of aromatic nitrogens is 1. The van der Waals surface area contributed by atoms with Crippen molar-refractivity contribution in [1.82, 2.24) is 9.88 Å².